The van der Waals surface area contributed by atoms with Gasteiger partial charge in [0.2, 0.25) is 0 Å². The zero-order valence-electron chi connectivity index (χ0n) is 18.8. The lowest BCUT2D eigenvalue weighted by Gasteiger charge is -2.21. The predicted molar refractivity (Wildman–Crippen MR) is 118 cm³/mol. The normalized spacial score (nSPS) is 29.0. The molecule has 1 aliphatic rings. The van der Waals surface area contributed by atoms with Crippen LogP contribution in [0, 0.1) is 0 Å². The summed E-state index contributed by atoms with van der Waals surface area (Å²) in [6.07, 6.45) is 12.9. The summed E-state index contributed by atoms with van der Waals surface area (Å²) in [5, 5.41) is 39.7. The van der Waals surface area contributed by atoms with Gasteiger partial charge in [-0.25, -0.2) is 4.79 Å². The van der Waals surface area contributed by atoms with E-state index in [1.807, 2.05) is 0 Å². The third-order valence-corrected chi connectivity index (χ3v) is 5.78. The highest BCUT2D eigenvalue weighted by molar-refractivity contribution is 5.82. The highest BCUT2D eigenvalue weighted by Gasteiger charge is 2.20. The summed E-state index contributed by atoms with van der Waals surface area (Å²) < 4.78 is 5.51. The molecule has 0 fully saturated rings. The molecular formula is C24H44O6. The first-order valence-electron chi connectivity index (χ1n) is 12.0. The molecular weight excluding hydrogens is 384 g/mol. The second-order valence-electron chi connectivity index (χ2n) is 8.92. The fourth-order valence-corrected chi connectivity index (χ4v) is 4.01. The molecule has 0 bridgehead atoms. The maximum absolute atomic E-state index is 12.2. The molecule has 0 spiro atoms. The number of aliphatic hydroxyl groups excluding tert-OH is 4. The molecule has 0 aromatic rings. The zero-order chi connectivity index (χ0) is 22.2. The first-order chi connectivity index (χ1) is 14.4. The van der Waals surface area contributed by atoms with Gasteiger partial charge >= 0.3 is 5.97 Å². The van der Waals surface area contributed by atoms with Gasteiger partial charge in [0.1, 0.15) is 6.10 Å². The minimum Gasteiger partial charge on any atom is -0.459 e. The fraction of sp³-hybridized carbons (Fsp3) is 0.875. The highest BCUT2D eigenvalue weighted by atomic mass is 16.5. The van der Waals surface area contributed by atoms with Crippen molar-refractivity contribution in [1.29, 1.82) is 0 Å². The highest BCUT2D eigenvalue weighted by Crippen LogP contribution is 2.18. The number of aliphatic hydroxyl groups is 4. The fourth-order valence-electron chi connectivity index (χ4n) is 4.01. The molecule has 30 heavy (non-hydrogen) atoms. The Morgan fingerprint density at radius 3 is 1.93 bits per heavy atom. The summed E-state index contributed by atoms with van der Waals surface area (Å²) in [4.78, 5) is 12.2. The van der Waals surface area contributed by atoms with E-state index in [9.17, 15) is 25.2 Å². The van der Waals surface area contributed by atoms with Gasteiger partial charge in [-0.2, -0.15) is 0 Å². The van der Waals surface area contributed by atoms with Crippen LogP contribution in [0.2, 0.25) is 0 Å². The number of cyclic esters (lactones) is 1. The Morgan fingerprint density at radius 1 is 0.900 bits per heavy atom. The SMILES string of the molecule is C[C@@H](O)C[C@@H](O)C[C@@H]1CCCCCCCCCCCCC[C@H](O)[C@H](O)C=CC(=O)O1. The van der Waals surface area contributed by atoms with E-state index < -0.39 is 36.5 Å². The number of hydrogen-bond donors (Lipinski definition) is 4. The van der Waals surface area contributed by atoms with E-state index in [0.717, 1.165) is 32.1 Å². The van der Waals surface area contributed by atoms with E-state index in [1.165, 1.54) is 50.7 Å². The first-order valence-corrected chi connectivity index (χ1v) is 12.0. The van der Waals surface area contributed by atoms with Crippen molar-refractivity contribution in [3.63, 3.8) is 0 Å². The van der Waals surface area contributed by atoms with Crippen LogP contribution in [-0.4, -0.2) is 56.9 Å². The van der Waals surface area contributed by atoms with Crippen molar-refractivity contribution < 1.29 is 30.0 Å². The predicted octanol–water partition coefficient (Wildman–Crippen LogP) is 3.78. The van der Waals surface area contributed by atoms with Gasteiger partial charge in [-0.15, -0.1) is 0 Å². The molecule has 1 aliphatic heterocycles. The maximum atomic E-state index is 12.2. The van der Waals surface area contributed by atoms with Crippen LogP contribution in [0.3, 0.4) is 0 Å². The Kier molecular flexibility index (Phi) is 15.1. The lowest BCUT2D eigenvalue weighted by molar-refractivity contribution is -0.145. The minimum absolute atomic E-state index is 0.245. The van der Waals surface area contributed by atoms with Crippen LogP contribution in [0.5, 0.6) is 0 Å². The molecule has 0 amide bonds. The maximum Gasteiger partial charge on any atom is 0.330 e. The molecule has 0 unspecified atom stereocenters. The van der Waals surface area contributed by atoms with Crippen LogP contribution in [0.1, 0.15) is 103 Å². The van der Waals surface area contributed by atoms with Crippen molar-refractivity contribution in [2.24, 2.45) is 0 Å². The molecule has 1 heterocycles. The van der Waals surface area contributed by atoms with Gasteiger partial charge in [-0.05, 0) is 38.7 Å². The largest absolute Gasteiger partial charge is 0.459 e. The van der Waals surface area contributed by atoms with Gasteiger partial charge in [0.15, 0.2) is 0 Å². The average Bonchev–Trinajstić information content (AvgIpc) is 2.67. The third kappa shape index (κ3) is 14.1. The smallest absolute Gasteiger partial charge is 0.330 e. The van der Waals surface area contributed by atoms with E-state index in [4.69, 9.17) is 4.74 Å². The second kappa shape index (κ2) is 16.7. The summed E-state index contributed by atoms with van der Waals surface area (Å²) in [6, 6.07) is 0. The van der Waals surface area contributed by atoms with E-state index in [1.54, 1.807) is 6.92 Å². The molecule has 1 rings (SSSR count). The second-order valence-corrected chi connectivity index (χ2v) is 8.92. The Morgan fingerprint density at radius 2 is 1.40 bits per heavy atom. The monoisotopic (exact) mass is 428 g/mol. The van der Waals surface area contributed by atoms with E-state index in [-0.39, 0.29) is 12.8 Å². The standard InChI is InChI=1S/C24H44O6/c1-19(25)17-20(26)18-21-13-11-9-7-5-3-2-4-6-8-10-12-14-22(27)23(28)15-16-24(29)30-21/h15-16,19-23,25-28H,2-14,17-18H2,1H3/t19-,20-,21+,22+,23-/m1/s1. The van der Waals surface area contributed by atoms with Crippen LogP contribution in [0.15, 0.2) is 12.2 Å². The van der Waals surface area contributed by atoms with Crippen LogP contribution in [0.4, 0.5) is 0 Å². The third-order valence-electron chi connectivity index (χ3n) is 5.78. The lowest BCUT2D eigenvalue weighted by Crippen LogP contribution is -2.26. The molecule has 176 valence electrons. The van der Waals surface area contributed by atoms with Gasteiger partial charge < -0.3 is 25.2 Å². The summed E-state index contributed by atoms with van der Waals surface area (Å²) in [5.74, 6) is -0.579. The first kappa shape index (κ1) is 27.1. The van der Waals surface area contributed by atoms with Crippen LogP contribution < -0.4 is 0 Å². The van der Waals surface area contributed by atoms with Crippen molar-refractivity contribution in [3.05, 3.63) is 12.2 Å². The quantitative estimate of drug-likeness (QED) is 0.508. The van der Waals surface area contributed by atoms with Gasteiger partial charge in [-0.3, -0.25) is 0 Å². The Hall–Kier alpha value is -0.950. The number of esters is 1. The van der Waals surface area contributed by atoms with Gasteiger partial charge in [0.25, 0.3) is 0 Å². The average molecular weight is 429 g/mol. The molecule has 6 heteroatoms. The van der Waals surface area contributed by atoms with Gasteiger partial charge in [-0.1, -0.05) is 64.2 Å². The molecule has 0 saturated heterocycles. The summed E-state index contributed by atoms with van der Waals surface area (Å²) in [6.45, 7) is 1.62. The molecule has 0 aromatic heterocycles. The Bertz CT molecular complexity index is 465. The number of ether oxygens (including phenoxy) is 1. The molecule has 0 radical (unpaired) electrons. The van der Waals surface area contributed by atoms with Crippen LogP contribution in [0.25, 0.3) is 0 Å². The number of carbonyl (C=O) groups excluding carboxylic acids is 1. The Balaban J connectivity index is 2.64. The van der Waals surface area contributed by atoms with Gasteiger partial charge in [0.05, 0.1) is 24.4 Å². The molecule has 0 saturated carbocycles. The van der Waals surface area contributed by atoms with E-state index in [2.05, 4.69) is 0 Å². The Labute approximate surface area is 182 Å². The summed E-state index contributed by atoms with van der Waals surface area (Å²) in [5.41, 5.74) is 0. The molecule has 5 atom stereocenters. The lowest BCUT2D eigenvalue weighted by atomic mass is 10.00. The number of carbonyl (C=O) groups is 1. The van der Waals surface area contributed by atoms with Crippen molar-refractivity contribution in [2.75, 3.05) is 0 Å². The molecule has 0 aromatic carbocycles. The minimum atomic E-state index is -1.09. The zero-order valence-corrected chi connectivity index (χ0v) is 18.8. The molecule has 4 N–H and O–H groups in total. The van der Waals surface area contributed by atoms with Crippen molar-refractivity contribution in [3.8, 4) is 0 Å². The van der Waals surface area contributed by atoms with Crippen molar-refractivity contribution in [2.45, 2.75) is 134 Å². The van der Waals surface area contributed by atoms with Crippen LogP contribution in [-0.2, 0) is 9.53 Å². The molecule has 0 aliphatic carbocycles. The van der Waals surface area contributed by atoms with E-state index in [0.29, 0.717) is 12.8 Å². The van der Waals surface area contributed by atoms with Gasteiger partial charge in [0, 0.05) is 12.5 Å². The summed E-state index contributed by atoms with van der Waals surface area (Å²) in [7, 11) is 0. The van der Waals surface area contributed by atoms with E-state index >= 15 is 0 Å². The van der Waals surface area contributed by atoms with Crippen molar-refractivity contribution in [1.82, 2.24) is 0 Å². The number of hydrogen-bond acceptors (Lipinski definition) is 6. The van der Waals surface area contributed by atoms with Crippen LogP contribution >= 0.6 is 0 Å². The molecule has 6 nitrogen and oxygen atoms in total. The summed E-state index contributed by atoms with van der Waals surface area (Å²) >= 11 is 0. The topological polar surface area (TPSA) is 107 Å². The van der Waals surface area contributed by atoms with Crippen molar-refractivity contribution >= 4 is 5.97 Å². The number of rotatable bonds is 4.